The van der Waals surface area contributed by atoms with Crippen LogP contribution in [0.4, 0.5) is 17.2 Å². The zero-order valence-electron chi connectivity index (χ0n) is 13.5. The van der Waals surface area contributed by atoms with Crippen LogP contribution in [0.25, 0.3) is 10.9 Å². The molecule has 3 rings (SSSR count). The molecular formula is C17H24N5+. The molecule has 22 heavy (non-hydrogen) atoms. The van der Waals surface area contributed by atoms with E-state index in [1.165, 1.54) is 0 Å². The van der Waals surface area contributed by atoms with E-state index < -0.39 is 0 Å². The van der Waals surface area contributed by atoms with Gasteiger partial charge in [-0.1, -0.05) is 32.9 Å². The molecule has 5 heteroatoms. The summed E-state index contributed by atoms with van der Waals surface area (Å²) in [6, 6.07) is 8.11. The van der Waals surface area contributed by atoms with Crippen LogP contribution in [0.2, 0.25) is 0 Å². The molecule has 1 aromatic heterocycles. The second kappa shape index (κ2) is 5.25. The molecule has 0 amide bonds. The van der Waals surface area contributed by atoms with E-state index in [4.69, 9.17) is 11.5 Å². The van der Waals surface area contributed by atoms with Gasteiger partial charge in [-0.05, 0) is 18.6 Å². The van der Waals surface area contributed by atoms with Gasteiger partial charge in [-0.25, -0.2) is 9.47 Å². The van der Waals surface area contributed by atoms with Gasteiger partial charge in [0.15, 0.2) is 17.2 Å². The molecule has 0 aliphatic carbocycles. The number of nitrogen functional groups attached to an aromatic ring is 1. The number of fused-ring (bicyclic) bond motifs is 3. The summed E-state index contributed by atoms with van der Waals surface area (Å²) in [5.41, 5.74) is 15.3. The number of nitrogens with zero attached hydrogens (tertiary/aromatic N) is 3. The summed E-state index contributed by atoms with van der Waals surface area (Å²) in [5.74, 6) is 1.60. The molecule has 1 aliphatic heterocycles. The quantitative estimate of drug-likeness (QED) is 0.851. The number of hydrogen-bond acceptors (Lipinski definition) is 4. The number of quaternary nitrogens is 1. The van der Waals surface area contributed by atoms with Crippen molar-refractivity contribution < 1.29 is 0 Å². The van der Waals surface area contributed by atoms with Gasteiger partial charge < -0.3 is 11.5 Å². The number of pyridine rings is 1. The van der Waals surface area contributed by atoms with Crippen LogP contribution in [0, 0.1) is 5.92 Å². The van der Waals surface area contributed by atoms with Crippen molar-refractivity contribution in [1.82, 2.24) is 9.47 Å². The maximum atomic E-state index is 6.40. The van der Waals surface area contributed by atoms with Gasteiger partial charge in [0, 0.05) is 5.92 Å². The zero-order valence-corrected chi connectivity index (χ0v) is 13.5. The molecule has 0 bridgehead atoms. The molecule has 0 fully saturated rings. The maximum absolute atomic E-state index is 6.40. The number of benzene rings is 1. The highest BCUT2D eigenvalue weighted by atomic mass is 15.5. The molecule has 2 heterocycles. The second-order valence-electron chi connectivity index (χ2n) is 6.45. The van der Waals surface area contributed by atoms with Crippen LogP contribution in [0.1, 0.15) is 27.2 Å². The molecule has 5 nitrogen and oxygen atoms in total. The number of aromatic nitrogens is 1. The van der Waals surface area contributed by atoms with E-state index in [1.54, 1.807) is 0 Å². The van der Waals surface area contributed by atoms with Gasteiger partial charge in [-0.2, -0.15) is 4.99 Å². The van der Waals surface area contributed by atoms with Crippen LogP contribution in [0.5, 0.6) is 0 Å². The maximum Gasteiger partial charge on any atom is 0.305 e. The molecular weight excluding hydrogens is 274 g/mol. The van der Waals surface area contributed by atoms with Crippen molar-refractivity contribution in [2.24, 2.45) is 16.6 Å². The Kier molecular flexibility index (Phi) is 3.53. The normalized spacial score (nSPS) is 20.5. The molecule has 0 spiro atoms. The van der Waals surface area contributed by atoms with Crippen molar-refractivity contribution >= 4 is 34.1 Å². The fraction of sp³-hybridized carbons (Fsp3) is 0.412. The van der Waals surface area contributed by atoms with Gasteiger partial charge in [-0.15, -0.1) is 0 Å². The largest absolute Gasteiger partial charge is 0.382 e. The number of aliphatic imine (C=N–C) groups is 1. The highest BCUT2D eigenvalue weighted by molar-refractivity contribution is 6.11. The van der Waals surface area contributed by atoms with Crippen LogP contribution >= 0.6 is 0 Å². The molecule has 0 saturated heterocycles. The van der Waals surface area contributed by atoms with Crippen LogP contribution in [0.15, 0.2) is 29.3 Å². The average molecular weight is 298 g/mol. The third kappa shape index (κ3) is 2.04. The topological polar surface area (TPSA) is 77.3 Å². The van der Waals surface area contributed by atoms with E-state index in [0.29, 0.717) is 22.2 Å². The SMILES string of the molecule is CCC[N+]1(CC(C)C)C(N)=Nc2c(N)nc3ccccc3c21. The van der Waals surface area contributed by atoms with Gasteiger partial charge >= 0.3 is 5.96 Å². The Morgan fingerprint density at radius 3 is 2.59 bits per heavy atom. The molecule has 4 N–H and O–H groups in total. The summed E-state index contributed by atoms with van der Waals surface area (Å²) >= 11 is 0. The Hall–Kier alpha value is -2.14. The van der Waals surface area contributed by atoms with Gasteiger partial charge in [0.1, 0.15) is 0 Å². The molecule has 116 valence electrons. The van der Waals surface area contributed by atoms with E-state index in [2.05, 4.69) is 36.8 Å². The van der Waals surface area contributed by atoms with Crippen molar-refractivity contribution in [2.75, 3.05) is 18.8 Å². The summed E-state index contributed by atoms with van der Waals surface area (Å²) < 4.78 is 0.594. The first-order valence-electron chi connectivity index (χ1n) is 7.90. The Morgan fingerprint density at radius 1 is 1.18 bits per heavy atom. The van der Waals surface area contributed by atoms with Crippen LogP contribution in [-0.2, 0) is 0 Å². The van der Waals surface area contributed by atoms with Crippen LogP contribution < -0.4 is 16.0 Å². The summed E-state index contributed by atoms with van der Waals surface area (Å²) in [7, 11) is 0. The monoisotopic (exact) mass is 298 g/mol. The third-order valence-electron chi connectivity index (χ3n) is 4.24. The van der Waals surface area contributed by atoms with E-state index in [-0.39, 0.29) is 0 Å². The number of guanidine groups is 1. The lowest BCUT2D eigenvalue weighted by Crippen LogP contribution is -2.58. The van der Waals surface area contributed by atoms with Crippen molar-refractivity contribution in [3.8, 4) is 0 Å². The first-order valence-corrected chi connectivity index (χ1v) is 7.90. The lowest BCUT2D eigenvalue weighted by Gasteiger charge is -2.35. The Bertz CT molecular complexity index is 750. The van der Waals surface area contributed by atoms with E-state index in [0.717, 1.165) is 41.8 Å². The molecule has 0 saturated carbocycles. The Morgan fingerprint density at radius 2 is 1.91 bits per heavy atom. The Labute approximate surface area is 131 Å². The molecule has 1 atom stereocenters. The fourth-order valence-electron chi connectivity index (χ4n) is 3.58. The minimum absolute atomic E-state index is 0.469. The molecule has 1 aromatic carbocycles. The van der Waals surface area contributed by atoms with Gasteiger partial charge in [0.25, 0.3) is 0 Å². The summed E-state index contributed by atoms with van der Waals surface area (Å²) in [6.07, 6.45) is 1.03. The number of anilines is 1. The third-order valence-corrected chi connectivity index (χ3v) is 4.24. The molecule has 2 aromatic rings. The number of hydrogen-bond donors (Lipinski definition) is 2. The lowest BCUT2D eigenvalue weighted by atomic mass is 10.1. The summed E-state index contributed by atoms with van der Waals surface area (Å²) in [6.45, 7) is 8.46. The standard InChI is InChI=1S/C17H24N5/c1-4-9-22(10-11(2)3)15-12-7-5-6-8-13(12)20-16(18)14(15)21-17(22)19/h5-8,11H,4,9-10H2,1-3H3,(H2,18,20)(H2,19,21)/q+1. The van der Waals surface area contributed by atoms with E-state index in [1.807, 2.05) is 18.2 Å². The predicted molar refractivity (Wildman–Crippen MR) is 94.1 cm³/mol. The Balaban J connectivity index is 2.35. The first kappa shape index (κ1) is 14.8. The highest BCUT2D eigenvalue weighted by Crippen LogP contribution is 2.47. The summed E-state index contributed by atoms with van der Waals surface area (Å²) in [4.78, 5) is 9.10. The van der Waals surface area contributed by atoms with Crippen molar-refractivity contribution in [1.29, 1.82) is 0 Å². The second-order valence-corrected chi connectivity index (χ2v) is 6.45. The molecule has 1 unspecified atom stereocenters. The molecule has 0 radical (unpaired) electrons. The minimum atomic E-state index is 0.469. The van der Waals surface area contributed by atoms with Gasteiger partial charge in [-0.3, -0.25) is 0 Å². The van der Waals surface area contributed by atoms with Crippen molar-refractivity contribution in [3.05, 3.63) is 24.3 Å². The van der Waals surface area contributed by atoms with E-state index >= 15 is 0 Å². The van der Waals surface area contributed by atoms with Gasteiger partial charge in [0.2, 0.25) is 0 Å². The van der Waals surface area contributed by atoms with Crippen molar-refractivity contribution in [2.45, 2.75) is 27.2 Å². The average Bonchev–Trinajstić information content (AvgIpc) is 2.73. The number of nitrogens with two attached hydrogens (primary N) is 2. The zero-order chi connectivity index (χ0) is 15.9. The smallest absolute Gasteiger partial charge is 0.305 e. The van der Waals surface area contributed by atoms with Crippen LogP contribution in [-0.4, -0.2) is 24.0 Å². The number of rotatable bonds is 4. The fourth-order valence-corrected chi connectivity index (χ4v) is 3.58. The minimum Gasteiger partial charge on any atom is -0.382 e. The first-order chi connectivity index (χ1) is 10.5. The highest BCUT2D eigenvalue weighted by Gasteiger charge is 2.45. The number of para-hydroxylation sites is 1. The molecule has 1 aliphatic rings. The van der Waals surface area contributed by atoms with Gasteiger partial charge in [0.05, 0.1) is 24.0 Å². The van der Waals surface area contributed by atoms with Crippen molar-refractivity contribution in [3.63, 3.8) is 0 Å². The lowest BCUT2D eigenvalue weighted by molar-refractivity contribution is 0.364. The summed E-state index contributed by atoms with van der Waals surface area (Å²) in [5, 5.41) is 1.10. The predicted octanol–water partition coefficient (Wildman–Crippen LogP) is 3.15. The van der Waals surface area contributed by atoms with Crippen LogP contribution in [0.3, 0.4) is 0 Å². The van der Waals surface area contributed by atoms with E-state index in [9.17, 15) is 0 Å².